The third-order valence-corrected chi connectivity index (χ3v) is 4.87. The molecule has 1 atom stereocenters. The van der Waals surface area contributed by atoms with Crippen LogP contribution in [0.3, 0.4) is 0 Å². The predicted octanol–water partition coefficient (Wildman–Crippen LogP) is 4.18. The minimum absolute atomic E-state index is 0.0213. The van der Waals surface area contributed by atoms with Crippen LogP contribution >= 0.6 is 0 Å². The van der Waals surface area contributed by atoms with E-state index in [0.717, 1.165) is 64.3 Å². The SMILES string of the molecule is CCCc1ccc(-c2nc3c(C)cn([C@@H](C)CO)c3nc2C)c(CC)n1. The van der Waals surface area contributed by atoms with Gasteiger partial charge in [0.05, 0.1) is 24.0 Å². The van der Waals surface area contributed by atoms with Crippen molar-refractivity contribution in [1.29, 1.82) is 0 Å². The van der Waals surface area contributed by atoms with E-state index in [9.17, 15) is 5.11 Å². The molecule has 0 fully saturated rings. The average Bonchev–Trinajstić information content (AvgIpc) is 2.96. The molecule has 0 aliphatic heterocycles. The van der Waals surface area contributed by atoms with E-state index in [-0.39, 0.29) is 12.6 Å². The first-order valence-electron chi connectivity index (χ1n) is 9.45. The molecule has 0 saturated carbocycles. The lowest BCUT2D eigenvalue weighted by Gasteiger charge is -2.13. The fraction of sp³-hybridized carbons (Fsp3) is 0.476. The zero-order chi connectivity index (χ0) is 18.8. The molecule has 0 aliphatic carbocycles. The minimum atomic E-state index is -0.0213. The maximum absolute atomic E-state index is 9.52. The van der Waals surface area contributed by atoms with Crippen molar-refractivity contribution < 1.29 is 5.11 Å². The van der Waals surface area contributed by atoms with Gasteiger partial charge < -0.3 is 9.67 Å². The first-order valence-corrected chi connectivity index (χ1v) is 9.45. The summed E-state index contributed by atoms with van der Waals surface area (Å²) in [7, 11) is 0. The quantitative estimate of drug-likeness (QED) is 0.723. The highest BCUT2D eigenvalue weighted by Crippen LogP contribution is 2.29. The Morgan fingerprint density at radius 1 is 1.12 bits per heavy atom. The summed E-state index contributed by atoms with van der Waals surface area (Å²) < 4.78 is 2.01. The fourth-order valence-corrected chi connectivity index (χ4v) is 3.39. The van der Waals surface area contributed by atoms with Gasteiger partial charge in [-0.3, -0.25) is 4.98 Å². The molecule has 0 saturated heterocycles. The lowest BCUT2D eigenvalue weighted by molar-refractivity contribution is 0.241. The lowest BCUT2D eigenvalue weighted by Crippen LogP contribution is -2.09. The standard InChI is InChI=1S/C21H28N4O/c1-6-8-16-9-10-17(18(7-2)23-16)20-15(5)22-21-19(24-20)13(3)11-25(21)14(4)12-26/h9-11,14,26H,6-8,12H2,1-5H3/t14-/m0/s1. The van der Waals surface area contributed by atoms with Gasteiger partial charge in [-0.1, -0.05) is 20.3 Å². The van der Waals surface area contributed by atoms with Crippen molar-refractivity contribution in [2.75, 3.05) is 6.61 Å². The summed E-state index contributed by atoms with van der Waals surface area (Å²) in [6, 6.07) is 4.23. The van der Waals surface area contributed by atoms with Crippen molar-refractivity contribution in [3.05, 3.63) is 41.0 Å². The molecule has 0 bridgehead atoms. The Balaban J connectivity index is 2.17. The minimum Gasteiger partial charge on any atom is -0.394 e. The first-order chi connectivity index (χ1) is 12.5. The second kappa shape index (κ2) is 7.54. The molecule has 0 aliphatic rings. The molecule has 5 heteroatoms. The van der Waals surface area contributed by atoms with Crippen molar-refractivity contribution in [2.45, 2.75) is 59.9 Å². The van der Waals surface area contributed by atoms with E-state index in [1.165, 1.54) is 0 Å². The van der Waals surface area contributed by atoms with Gasteiger partial charge in [0.25, 0.3) is 0 Å². The maximum atomic E-state index is 9.52. The monoisotopic (exact) mass is 352 g/mol. The van der Waals surface area contributed by atoms with Crippen molar-refractivity contribution in [2.24, 2.45) is 0 Å². The van der Waals surface area contributed by atoms with Crippen molar-refractivity contribution in [1.82, 2.24) is 19.5 Å². The van der Waals surface area contributed by atoms with E-state index >= 15 is 0 Å². The second-order valence-corrected chi connectivity index (χ2v) is 6.98. The van der Waals surface area contributed by atoms with Gasteiger partial charge in [0.15, 0.2) is 5.65 Å². The smallest absolute Gasteiger partial charge is 0.159 e. The van der Waals surface area contributed by atoms with Crippen LogP contribution in [0.5, 0.6) is 0 Å². The number of nitrogens with zero attached hydrogens (tertiary/aromatic N) is 4. The molecule has 0 amide bonds. The molecule has 1 N–H and O–H groups in total. The summed E-state index contributed by atoms with van der Waals surface area (Å²) in [6.07, 6.45) is 4.99. The topological polar surface area (TPSA) is 63.8 Å². The molecule has 0 radical (unpaired) electrons. The molecule has 3 rings (SSSR count). The van der Waals surface area contributed by atoms with E-state index in [1.807, 2.05) is 31.5 Å². The Bertz CT molecular complexity index is 929. The Morgan fingerprint density at radius 3 is 2.54 bits per heavy atom. The van der Waals surface area contributed by atoms with Gasteiger partial charge in [-0.2, -0.15) is 0 Å². The van der Waals surface area contributed by atoms with Crippen LogP contribution in [0.25, 0.3) is 22.4 Å². The Hall–Kier alpha value is -2.27. The van der Waals surface area contributed by atoms with Crippen molar-refractivity contribution in [3.8, 4) is 11.3 Å². The number of aliphatic hydroxyl groups excluding tert-OH is 1. The van der Waals surface area contributed by atoms with Crippen molar-refractivity contribution >= 4 is 11.2 Å². The molecule has 138 valence electrons. The first kappa shape index (κ1) is 18.5. The second-order valence-electron chi connectivity index (χ2n) is 6.98. The summed E-state index contributed by atoms with van der Waals surface area (Å²) in [4.78, 5) is 14.6. The summed E-state index contributed by atoms with van der Waals surface area (Å²) in [5, 5.41) is 9.52. The van der Waals surface area contributed by atoms with Gasteiger partial charge in [-0.15, -0.1) is 0 Å². The predicted molar refractivity (Wildman–Crippen MR) is 105 cm³/mol. The number of aromatic nitrogens is 4. The van der Waals surface area contributed by atoms with E-state index in [4.69, 9.17) is 15.0 Å². The Morgan fingerprint density at radius 2 is 1.88 bits per heavy atom. The zero-order valence-corrected chi connectivity index (χ0v) is 16.4. The molecule has 0 unspecified atom stereocenters. The van der Waals surface area contributed by atoms with Crippen LogP contribution < -0.4 is 0 Å². The molecule has 3 aromatic rings. The summed E-state index contributed by atoms with van der Waals surface area (Å²) >= 11 is 0. The molecule has 3 heterocycles. The van der Waals surface area contributed by atoms with E-state index in [1.54, 1.807) is 0 Å². The van der Waals surface area contributed by atoms with Crippen LogP contribution in [0.15, 0.2) is 18.3 Å². The summed E-state index contributed by atoms with van der Waals surface area (Å²) in [5.41, 5.74) is 7.88. The van der Waals surface area contributed by atoms with E-state index < -0.39 is 0 Å². The van der Waals surface area contributed by atoms with Gasteiger partial charge in [-0.05, 0) is 51.3 Å². The molecule has 0 aromatic carbocycles. The number of aryl methyl sites for hydroxylation is 4. The van der Waals surface area contributed by atoms with Gasteiger partial charge in [0.1, 0.15) is 5.52 Å². The fourth-order valence-electron chi connectivity index (χ4n) is 3.39. The molecular weight excluding hydrogens is 324 g/mol. The Kier molecular flexibility index (Phi) is 5.37. The number of fused-ring (bicyclic) bond motifs is 1. The summed E-state index contributed by atoms with van der Waals surface area (Å²) in [5.74, 6) is 0. The van der Waals surface area contributed by atoms with Gasteiger partial charge in [-0.25, -0.2) is 9.97 Å². The molecule has 3 aromatic heterocycles. The van der Waals surface area contributed by atoms with E-state index in [2.05, 4.69) is 26.0 Å². The van der Waals surface area contributed by atoms with Crippen LogP contribution in [0.2, 0.25) is 0 Å². The lowest BCUT2D eigenvalue weighted by atomic mass is 10.0. The summed E-state index contributed by atoms with van der Waals surface area (Å²) in [6.45, 7) is 10.4. The maximum Gasteiger partial charge on any atom is 0.159 e. The van der Waals surface area contributed by atoms with Gasteiger partial charge in [0.2, 0.25) is 0 Å². The normalized spacial score (nSPS) is 12.7. The van der Waals surface area contributed by atoms with Crippen LogP contribution in [-0.2, 0) is 12.8 Å². The highest BCUT2D eigenvalue weighted by atomic mass is 16.3. The number of rotatable bonds is 6. The van der Waals surface area contributed by atoms with Crippen molar-refractivity contribution in [3.63, 3.8) is 0 Å². The molecule has 5 nitrogen and oxygen atoms in total. The zero-order valence-electron chi connectivity index (χ0n) is 16.4. The van der Waals surface area contributed by atoms with Gasteiger partial charge in [0, 0.05) is 23.1 Å². The van der Waals surface area contributed by atoms with E-state index in [0.29, 0.717) is 0 Å². The third kappa shape index (κ3) is 3.23. The highest BCUT2D eigenvalue weighted by Gasteiger charge is 2.18. The van der Waals surface area contributed by atoms with Crippen LogP contribution in [0.4, 0.5) is 0 Å². The number of aliphatic hydroxyl groups is 1. The largest absolute Gasteiger partial charge is 0.394 e. The molecular formula is C21H28N4O. The Labute approximate surface area is 155 Å². The average molecular weight is 352 g/mol. The molecule has 26 heavy (non-hydrogen) atoms. The third-order valence-electron chi connectivity index (χ3n) is 4.87. The molecule has 0 spiro atoms. The number of hydrogen-bond donors (Lipinski definition) is 1. The van der Waals surface area contributed by atoms with Crippen LogP contribution in [0.1, 0.15) is 55.9 Å². The van der Waals surface area contributed by atoms with Crippen LogP contribution in [-0.4, -0.2) is 31.2 Å². The number of pyridine rings is 1. The highest BCUT2D eigenvalue weighted by molar-refractivity contribution is 5.80. The number of hydrogen-bond acceptors (Lipinski definition) is 4. The van der Waals surface area contributed by atoms with Crippen LogP contribution in [0, 0.1) is 13.8 Å². The van der Waals surface area contributed by atoms with Gasteiger partial charge >= 0.3 is 0 Å².